The van der Waals surface area contributed by atoms with E-state index in [1.54, 1.807) is 24.5 Å². The van der Waals surface area contributed by atoms with Gasteiger partial charge in [0.05, 0.1) is 11.0 Å². The maximum atomic E-state index is 11.9. The highest BCUT2D eigenvalue weighted by atomic mass is 16.1. The fourth-order valence-electron chi connectivity index (χ4n) is 2.52. The minimum absolute atomic E-state index is 0.0605. The molecule has 0 spiro atoms. The van der Waals surface area contributed by atoms with E-state index in [1.807, 2.05) is 25.1 Å². The summed E-state index contributed by atoms with van der Waals surface area (Å²) in [5.74, 6) is 0.941. The molecule has 0 aliphatic heterocycles. The standard InChI is InChI=1S/C17H18N4O/c1-13-20-15-5-2-3-6-16(15)21(13)12-4-9-19-17(22)14-7-10-18-11-8-14/h2-3,5-8,10-11H,4,9,12H2,1H3,(H,19,22). The zero-order valence-electron chi connectivity index (χ0n) is 12.5. The van der Waals surface area contributed by atoms with Crippen molar-refractivity contribution in [2.24, 2.45) is 0 Å². The van der Waals surface area contributed by atoms with Gasteiger partial charge in [0.1, 0.15) is 5.82 Å². The molecule has 0 saturated heterocycles. The summed E-state index contributed by atoms with van der Waals surface area (Å²) in [6, 6.07) is 11.5. The van der Waals surface area contributed by atoms with Gasteiger partial charge in [0.2, 0.25) is 0 Å². The van der Waals surface area contributed by atoms with Crippen LogP contribution in [-0.4, -0.2) is 27.0 Å². The first-order valence-electron chi connectivity index (χ1n) is 7.36. The smallest absolute Gasteiger partial charge is 0.251 e. The molecular weight excluding hydrogens is 276 g/mol. The van der Waals surface area contributed by atoms with Gasteiger partial charge in [0.15, 0.2) is 0 Å². The van der Waals surface area contributed by atoms with Gasteiger partial charge >= 0.3 is 0 Å². The van der Waals surface area contributed by atoms with Crippen molar-refractivity contribution >= 4 is 16.9 Å². The minimum atomic E-state index is -0.0605. The maximum Gasteiger partial charge on any atom is 0.251 e. The number of nitrogens with one attached hydrogen (secondary N) is 1. The van der Waals surface area contributed by atoms with Crippen LogP contribution in [0.1, 0.15) is 22.6 Å². The van der Waals surface area contributed by atoms with Gasteiger partial charge in [-0.2, -0.15) is 0 Å². The van der Waals surface area contributed by atoms with Crippen LogP contribution in [0.5, 0.6) is 0 Å². The molecule has 112 valence electrons. The Labute approximate surface area is 129 Å². The Morgan fingerprint density at radius 1 is 1.18 bits per heavy atom. The molecule has 0 unspecified atom stereocenters. The summed E-state index contributed by atoms with van der Waals surface area (Å²) >= 11 is 0. The molecule has 1 aromatic carbocycles. The number of hydrogen-bond donors (Lipinski definition) is 1. The summed E-state index contributed by atoms with van der Waals surface area (Å²) in [4.78, 5) is 20.4. The predicted octanol–water partition coefficient (Wildman–Crippen LogP) is 2.56. The topological polar surface area (TPSA) is 59.8 Å². The summed E-state index contributed by atoms with van der Waals surface area (Å²) in [6.07, 6.45) is 4.10. The normalized spacial score (nSPS) is 10.8. The molecule has 1 amide bonds. The number of carbonyl (C=O) groups excluding carboxylic acids is 1. The first-order chi connectivity index (χ1) is 10.8. The molecule has 2 heterocycles. The molecule has 0 atom stereocenters. The van der Waals surface area contributed by atoms with Crippen LogP contribution in [-0.2, 0) is 6.54 Å². The molecule has 0 bridgehead atoms. The van der Waals surface area contributed by atoms with Crippen LogP contribution in [0, 0.1) is 6.92 Å². The second-order valence-electron chi connectivity index (χ2n) is 5.14. The third-order valence-corrected chi connectivity index (χ3v) is 3.63. The van der Waals surface area contributed by atoms with E-state index in [-0.39, 0.29) is 5.91 Å². The molecule has 0 saturated carbocycles. The minimum Gasteiger partial charge on any atom is -0.352 e. The lowest BCUT2D eigenvalue weighted by Crippen LogP contribution is -2.25. The lowest BCUT2D eigenvalue weighted by atomic mass is 10.2. The number of imidazole rings is 1. The third-order valence-electron chi connectivity index (χ3n) is 3.63. The van der Waals surface area contributed by atoms with Crippen LogP contribution in [0.4, 0.5) is 0 Å². The van der Waals surface area contributed by atoms with Crippen LogP contribution in [0.3, 0.4) is 0 Å². The van der Waals surface area contributed by atoms with Crippen LogP contribution < -0.4 is 5.32 Å². The van der Waals surface area contributed by atoms with Crippen LogP contribution in [0.2, 0.25) is 0 Å². The average molecular weight is 294 g/mol. The molecule has 0 aliphatic carbocycles. The number of para-hydroxylation sites is 2. The lowest BCUT2D eigenvalue weighted by molar-refractivity contribution is 0.0952. The zero-order valence-corrected chi connectivity index (χ0v) is 12.5. The number of benzene rings is 1. The van der Waals surface area contributed by atoms with E-state index in [1.165, 1.54) is 0 Å². The number of fused-ring (bicyclic) bond motifs is 1. The van der Waals surface area contributed by atoms with Gasteiger partial charge in [-0.3, -0.25) is 9.78 Å². The summed E-state index contributed by atoms with van der Waals surface area (Å²) in [5.41, 5.74) is 2.79. The molecule has 2 aromatic heterocycles. The van der Waals surface area contributed by atoms with Gasteiger partial charge in [-0.25, -0.2) is 4.98 Å². The summed E-state index contributed by atoms with van der Waals surface area (Å²) in [5, 5.41) is 2.93. The molecule has 0 fully saturated rings. The van der Waals surface area contributed by atoms with Crippen molar-refractivity contribution in [3.63, 3.8) is 0 Å². The Hall–Kier alpha value is -2.69. The van der Waals surface area contributed by atoms with Crippen LogP contribution in [0.25, 0.3) is 11.0 Å². The monoisotopic (exact) mass is 294 g/mol. The van der Waals surface area contributed by atoms with E-state index >= 15 is 0 Å². The van der Waals surface area contributed by atoms with Gasteiger partial charge in [-0.05, 0) is 37.6 Å². The van der Waals surface area contributed by atoms with Gasteiger partial charge in [0, 0.05) is 31.0 Å². The van der Waals surface area contributed by atoms with Gasteiger partial charge in [-0.1, -0.05) is 12.1 Å². The molecule has 3 aromatic rings. The van der Waals surface area contributed by atoms with Crippen molar-refractivity contribution in [2.75, 3.05) is 6.54 Å². The van der Waals surface area contributed by atoms with E-state index in [4.69, 9.17) is 0 Å². The number of carbonyl (C=O) groups is 1. The Morgan fingerprint density at radius 2 is 1.95 bits per heavy atom. The fourth-order valence-corrected chi connectivity index (χ4v) is 2.52. The van der Waals surface area contributed by atoms with Crippen molar-refractivity contribution in [3.8, 4) is 0 Å². The highest BCUT2D eigenvalue weighted by Crippen LogP contribution is 2.15. The predicted molar refractivity (Wildman–Crippen MR) is 85.7 cm³/mol. The lowest BCUT2D eigenvalue weighted by Gasteiger charge is -2.08. The van der Waals surface area contributed by atoms with Gasteiger partial charge in [0.25, 0.3) is 5.91 Å². The second-order valence-corrected chi connectivity index (χ2v) is 5.14. The number of aryl methyl sites for hydroxylation is 2. The fraction of sp³-hybridized carbons (Fsp3) is 0.235. The first-order valence-corrected chi connectivity index (χ1v) is 7.36. The first kappa shape index (κ1) is 14.3. The molecule has 22 heavy (non-hydrogen) atoms. The maximum absolute atomic E-state index is 11.9. The highest BCUT2D eigenvalue weighted by Gasteiger charge is 2.07. The number of hydrogen-bond acceptors (Lipinski definition) is 3. The molecule has 0 radical (unpaired) electrons. The number of aromatic nitrogens is 3. The van der Waals surface area contributed by atoms with Gasteiger partial charge < -0.3 is 9.88 Å². The second kappa shape index (κ2) is 6.39. The Bertz CT molecular complexity index is 780. The molecular formula is C17H18N4O. The average Bonchev–Trinajstić information content (AvgIpc) is 2.88. The Balaban J connectivity index is 1.57. The quantitative estimate of drug-likeness (QED) is 0.736. The summed E-state index contributed by atoms with van der Waals surface area (Å²) < 4.78 is 2.19. The number of pyridine rings is 1. The Kier molecular flexibility index (Phi) is 4.14. The van der Waals surface area contributed by atoms with Crippen molar-refractivity contribution in [1.82, 2.24) is 19.9 Å². The highest BCUT2D eigenvalue weighted by molar-refractivity contribution is 5.93. The zero-order chi connectivity index (χ0) is 15.4. The summed E-state index contributed by atoms with van der Waals surface area (Å²) in [7, 11) is 0. The van der Waals surface area contributed by atoms with Crippen molar-refractivity contribution in [1.29, 1.82) is 0 Å². The van der Waals surface area contributed by atoms with Crippen LogP contribution >= 0.6 is 0 Å². The molecule has 5 nitrogen and oxygen atoms in total. The Morgan fingerprint density at radius 3 is 2.77 bits per heavy atom. The number of nitrogens with zero attached hydrogens (tertiary/aromatic N) is 3. The van der Waals surface area contributed by atoms with E-state index in [0.29, 0.717) is 12.1 Å². The number of rotatable bonds is 5. The van der Waals surface area contributed by atoms with Crippen molar-refractivity contribution in [2.45, 2.75) is 19.9 Å². The number of amides is 1. The molecule has 0 aliphatic rings. The van der Waals surface area contributed by atoms with Crippen molar-refractivity contribution < 1.29 is 4.79 Å². The van der Waals surface area contributed by atoms with Crippen molar-refractivity contribution in [3.05, 3.63) is 60.2 Å². The van der Waals surface area contributed by atoms with Gasteiger partial charge in [-0.15, -0.1) is 0 Å². The summed E-state index contributed by atoms with van der Waals surface area (Å²) in [6.45, 7) is 3.48. The molecule has 1 N–H and O–H groups in total. The molecule has 3 rings (SSSR count). The molecule has 5 heteroatoms. The van der Waals surface area contributed by atoms with Crippen LogP contribution in [0.15, 0.2) is 48.8 Å². The largest absolute Gasteiger partial charge is 0.352 e. The van der Waals surface area contributed by atoms with E-state index in [9.17, 15) is 4.79 Å². The van der Waals surface area contributed by atoms with E-state index in [2.05, 4.69) is 25.9 Å². The van der Waals surface area contributed by atoms with E-state index < -0.39 is 0 Å². The SMILES string of the molecule is Cc1nc2ccccc2n1CCCNC(=O)c1ccncc1. The van der Waals surface area contributed by atoms with E-state index in [0.717, 1.165) is 29.8 Å². The third kappa shape index (κ3) is 2.98.